The average Bonchev–Trinajstić information content (AvgIpc) is 3.37. The first-order valence-electron chi connectivity index (χ1n) is 9.31. The molecule has 1 aromatic carbocycles. The molecule has 0 fully saturated rings. The summed E-state index contributed by atoms with van der Waals surface area (Å²) in [6, 6.07) is 7.53. The van der Waals surface area contributed by atoms with Crippen molar-refractivity contribution in [1.29, 1.82) is 0 Å². The Hall–Kier alpha value is -3.13. The zero-order valence-electron chi connectivity index (χ0n) is 16.0. The molecule has 1 N–H and O–H groups in total. The fraction of sp³-hybridized carbons (Fsp3) is 0.350. The van der Waals surface area contributed by atoms with Crippen molar-refractivity contribution in [2.24, 2.45) is 0 Å². The Bertz CT molecular complexity index is 1010. The first-order valence-corrected chi connectivity index (χ1v) is 9.31. The van der Waals surface area contributed by atoms with Crippen LogP contribution in [0.15, 0.2) is 36.7 Å². The second-order valence-electron chi connectivity index (χ2n) is 6.67. The number of hydrogen-bond donors (Lipinski definition) is 1. The molecule has 0 spiro atoms. The fourth-order valence-electron chi connectivity index (χ4n) is 3.69. The van der Waals surface area contributed by atoms with Crippen molar-refractivity contribution < 1.29 is 14.6 Å². The van der Waals surface area contributed by atoms with Crippen molar-refractivity contribution in [2.75, 3.05) is 13.7 Å². The number of carbonyl (C=O) groups excluding carboxylic acids is 1. The summed E-state index contributed by atoms with van der Waals surface area (Å²) in [5, 5.41) is 18.4. The normalized spacial score (nSPS) is 13.5. The number of aromatic nitrogens is 4. The fourth-order valence-corrected chi connectivity index (χ4v) is 3.69. The molecule has 0 aliphatic carbocycles. The summed E-state index contributed by atoms with van der Waals surface area (Å²) >= 11 is 0. The first kappa shape index (κ1) is 18.2. The Labute approximate surface area is 163 Å². The molecule has 8 heteroatoms. The highest BCUT2D eigenvalue weighted by Gasteiger charge is 2.28. The van der Waals surface area contributed by atoms with Crippen molar-refractivity contribution in [1.82, 2.24) is 24.5 Å². The lowest BCUT2D eigenvalue weighted by Gasteiger charge is -2.27. The number of hydrogen-bond acceptors (Lipinski definition) is 5. The molecule has 1 aliphatic rings. The molecule has 2 aromatic heterocycles. The summed E-state index contributed by atoms with van der Waals surface area (Å²) in [5.41, 5.74) is 4.01. The van der Waals surface area contributed by atoms with Gasteiger partial charge in [0, 0.05) is 43.5 Å². The van der Waals surface area contributed by atoms with E-state index in [0.29, 0.717) is 30.1 Å². The number of methoxy groups -OCH3 is 1. The third-order valence-corrected chi connectivity index (χ3v) is 5.12. The summed E-state index contributed by atoms with van der Waals surface area (Å²) in [6.07, 6.45) is 4.02. The predicted molar refractivity (Wildman–Crippen MR) is 102 cm³/mol. The van der Waals surface area contributed by atoms with Gasteiger partial charge in [-0.1, -0.05) is 12.1 Å². The van der Waals surface area contributed by atoms with E-state index < -0.39 is 0 Å². The van der Waals surface area contributed by atoms with Crippen LogP contribution in [0.4, 0.5) is 0 Å². The van der Waals surface area contributed by atoms with Gasteiger partial charge < -0.3 is 14.7 Å². The largest absolute Gasteiger partial charge is 0.494 e. The van der Waals surface area contributed by atoms with E-state index in [1.807, 2.05) is 35.9 Å². The van der Waals surface area contributed by atoms with E-state index in [1.54, 1.807) is 29.1 Å². The van der Waals surface area contributed by atoms with Crippen LogP contribution in [0.1, 0.15) is 34.2 Å². The maximum atomic E-state index is 13.0. The van der Waals surface area contributed by atoms with Gasteiger partial charge in [-0.25, -0.2) is 4.68 Å². The molecule has 4 rings (SSSR count). The van der Waals surface area contributed by atoms with Gasteiger partial charge in [-0.2, -0.15) is 10.2 Å². The van der Waals surface area contributed by atoms with Crippen LogP contribution in [-0.2, 0) is 26.1 Å². The molecule has 0 radical (unpaired) electrons. The SMILES string of the molecule is CCn1nc(CO)c2c1CCN(C(=O)c1cnn(-c3ccccc3OC)c1)C2. The molecule has 0 saturated heterocycles. The second-order valence-corrected chi connectivity index (χ2v) is 6.67. The average molecular weight is 381 g/mol. The van der Waals surface area contributed by atoms with Crippen LogP contribution in [0.5, 0.6) is 5.75 Å². The maximum Gasteiger partial charge on any atom is 0.257 e. The maximum absolute atomic E-state index is 13.0. The highest BCUT2D eigenvalue weighted by atomic mass is 16.5. The van der Waals surface area contributed by atoms with Crippen molar-refractivity contribution in [3.05, 3.63) is 59.2 Å². The number of aryl methyl sites for hydroxylation is 1. The number of carbonyl (C=O) groups is 1. The number of nitrogens with zero attached hydrogens (tertiary/aromatic N) is 5. The Kier molecular flexibility index (Phi) is 4.87. The van der Waals surface area contributed by atoms with Gasteiger partial charge in [-0.15, -0.1) is 0 Å². The number of aliphatic hydroxyl groups excluding tert-OH is 1. The lowest BCUT2D eigenvalue weighted by molar-refractivity contribution is 0.0732. The van der Waals surface area contributed by atoms with Gasteiger partial charge in [-0.05, 0) is 19.1 Å². The molecule has 3 aromatic rings. The third kappa shape index (κ3) is 3.05. The molecule has 0 saturated carbocycles. The van der Waals surface area contributed by atoms with Crippen LogP contribution in [0.2, 0.25) is 0 Å². The van der Waals surface area contributed by atoms with Gasteiger partial charge in [0.15, 0.2) is 0 Å². The molecule has 8 nitrogen and oxygen atoms in total. The van der Waals surface area contributed by atoms with Gasteiger partial charge in [0.25, 0.3) is 5.91 Å². The molecular formula is C20H23N5O3. The molecule has 146 valence electrons. The van der Waals surface area contributed by atoms with Gasteiger partial charge in [0.2, 0.25) is 0 Å². The van der Waals surface area contributed by atoms with Crippen LogP contribution in [0, 0.1) is 0 Å². The zero-order valence-corrected chi connectivity index (χ0v) is 16.0. The molecule has 0 unspecified atom stereocenters. The molecule has 3 heterocycles. The smallest absolute Gasteiger partial charge is 0.257 e. The van der Waals surface area contributed by atoms with Gasteiger partial charge in [0.05, 0.1) is 31.2 Å². The van der Waals surface area contributed by atoms with Gasteiger partial charge in [0.1, 0.15) is 11.4 Å². The summed E-state index contributed by atoms with van der Waals surface area (Å²) in [6.45, 7) is 3.72. The Morgan fingerprint density at radius 1 is 1.32 bits per heavy atom. The molecular weight excluding hydrogens is 358 g/mol. The van der Waals surface area contributed by atoms with Crippen LogP contribution in [0.3, 0.4) is 0 Å². The highest BCUT2D eigenvalue weighted by molar-refractivity contribution is 5.94. The van der Waals surface area contributed by atoms with Crippen molar-refractivity contribution in [3.63, 3.8) is 0 Å². The van der Waals surface area contributed by atoms with Crippen molar-refractivity contribution >= 4 is 5.91 Å². The number of para-hydroxylation sites is 2. The number of aliphatic hydroxyl groups is 1. The minimum Gasteiger partial charge on any atom is -0.494 e. The van der Waals surface area contributed by atoms with E-state index in [4.69, 9.17) is 4.74 Å². The minimum atomic E-state index is -0.122. The Morgan fingerprint density at radius 2 is 2.14 bits per heavy atom. The Balaban J connectivity index is 1.58. The second kappa shape index (κ2) is 7.47. The number of amides is 1. The number of ether oxygens (including phenoxy) is 1. The van der Waals surface area contributed by atoms with Gasteiger partial charge in [-0.3, -0.25) is 9.48 Å². The number of benzene rings is 1. The monoisotopic (exact) mass is 381 g/mol. The van der Waals surface area contributed by atoms with Gasteiger partial charge >= 0.3 is 0 Å². The molecule has 1 amide bonds. The van der Waals surface area contributed by atoms with Crippen LogP contribution >= 0.6 is 0 Å². The standard InChI is InChI=1S/C20H23N5O3/c1-3-24-17-8-9-23(12-15(17)16(13-26)22-24)20(27)14-10-21-25(11-14)18-6-4-5-7-19(18)28-2/h4-7,10-11,26H,3,8-9,12-13H2,1-2H3. The van der Waals surface area contributed by atoms with E-state index in [0.717, 1.165) is 29.9 Å². The summed E-state index contributed by atoms with van der Waals surface area (Å²) in [5.74, 6) is 0.603. The minimum absolute atomic E-state index is 0.0834. The molecule has 1 aliphatic heterocycles. The van der Waals surface area contributed by atoms with Crippen LogP contribution in [-0.4, -0.2) is 49.1 Å². The van der Waals surface area contributed by atoms with E-state index in [-0.39, 0.29) is 12.5 Å². The van der Waals surface area contributed by atoms with Crippen LogP contribution in [0.25, 0.3) is 5.69 Å². The summed E-state index contributed by atoms with van der Waals surface area (Å²) in [7, 11) is 1.61. The van der Waals surface area contributed by atoms with Crippen molar-refractivity contribution in [2.45, 2.75) is 33.0 Å². The topological polar surface area (TPSA) is 85.4 Å². The quantitative estimate of drug-likeness (QED) is 0.728. The van der Waals surface area contributed by atoms with E-state index >= 15 is 0 Å². The summed E-state index contributed by atoms with van der Waals surface area (Å²) in [4.78, 5) is 14.8. The number of fused-ring (bicyclic) bond motifs is 1. The first-order chi connectivity index (χ1) is 13.7. The van der Waals surface area contributed by atoms with E-state index in [2.05, 4.69) is 10.2 Å². The van der Waals surface area contributed by atoms with Crippen molar-refractivity contribution in [3.8, 4) is 11.4 Å². The summed E-state index contributed by atoms with van der Waals surface area (Å²) < 4.78 is 8.94. The van der Waals surface area contributed by atoms with E-state index in [9.17, 15) is 9.90 Å². The predicted octanol–water partition coefficient (Wildman–Crippen LogP) is 1.79. The third-order valence-electron chi connectivity index (χ3n) is 5.12. The van der Waals surface area contributed by atoms with Crippen LogP contribution < -0.4 is 4.74 Å². The lowest BCUT2D eigenvalue weighted by Crippen LogP contribution is -2.36. The van der Waals surface area contributed by atoms with E-state index in [1.165, 1.54) is 0 Å². The molecule has 28 heavy (non-hydrogen) atoms. The Morgan fingerprint density at radius 3 is 2.89 bits per heavy atom. The number of rotatable bonds is 5. The zero-order chi connectivity index (χ0) is 19.7. The highest BCUT2D eigenvalue weighted by Crippen LogP contribution is 2.25. The molecule has 0 bridgehead atoms. The lowest BCUT2D eigenvalue weighted by atomic mass is 10.0. The molecule has 0 atom stereocenters.